The number of unbranched alkanes of at least 4 members (excludes halogenated alkanes) is 5. The van der Waals surface area contributed by atoms with Crippen molar-refractivity contribution in [3.63, 3.8) is 0 Å². The molecule has 0 N–H and O–H groups in total. The number of rotatable bonds is 9. The molecule has 6 rings (SSSR count). The predicted octanol–water partition coefficient (Wildman–Crippen LogP) is 9.63. The molecule has 6 aliphatic rings. The monoisotopic (exact) mass is 494 g/mol. The third-order valence-corrected chi connectivity index (χ3v) is 17.0. The fraction of sp³-hybridized carbons (Fsp3) is 0.543. The molecule has 0 aliphatic heterocycles. The number of hydrogen-bond donors (Lipinski definition) is 0. The van der Waals surface area contributed by atoms with Crippen LogP contribution in [0.3, 0.4) is 0 Å². The van der Waals surface area contributed by atoms with Crippen molar-refractivity contribution in [2.24, 2.45) is 47.3 Å². The summed E-state index contributed by atoms with van der Waals surface area (Å²) in [6, 6.07) is 1.51. The largest absolute Gasteiger partial charge is 0.0808 e. The third-order valence-electron chi connectivity index (χ3n) is 11.0. The van der Waals surface area contributed by atoms with Gasteiger partial charge in [-0.15, -0.1) is 0 Å². The normalized spacial score (nSPS) is 42.3. The van der Waals surface area contributed by atoms with Gasteiger partial charge in [0.15, 0.2) is 0 Å². The Morgan fingerprint density at radius 1 is 0.417 bits per heavy atom. The molecule has 1 heteroatoms. The molecule has 190 valence electrons. The fourth-order valence-electron chi connectivity index (χ4n) is 9.66. The molecule has 0 aromatic carbocycles. The molecule has 0 heterocycles. The Hall–Kier alpha value is -1.86. The Morgan fingerprint density at radius 3 is 1.08 bits per heavy atom. The molecule has 0 aromatic heterocycles. The summed E-state index contributed by atoms with van der Waals surface area (Å²) in [5, 5.41) is 0. The zero-order chi connectivity index (χ0) is 24.5. The summed E-state index contributed by atoms with van der Waals surface area (Å²) in [4.78, 5) is 0. The van der Waals surface area contributed by atoms with Gasteiger partial charge in [-0.1, -0.05) is 155 Å². The molecule has 8 atom stereocenters. The lowest BCUT2D eigenvalue weighted by Crippen LogP contribution is -2.49. The van der Waals surface area contributed by atoms with Gasteiger partial charge in [-0.3, -0.25) is 0 Å². The van der Waals surface area contributed by atoms with Gasteiger partial charge >= 0.3 is 0 Å². The maximum absolute atomic E-state index is 2.89. The summed E-state index contributed by atoms with van der Waals surface area (Å²) in [5.74, 6) is 5.66. The average molecular weight is 495 g/mol. The maximum Gasteiger partial charge on any atom is 0.0591 e. The quantitative estimate of drug-likeness (QED) is 0.221. The molecule has 2 fully saturated rings. The maximum atomic E-state index is 2.89. The van der Waals surface area contributed by atoms with Crippen LogP contribution in [0.1, 0.15) is 45.4 Å². The molecule has 2 saturated carbocycles. The highest BCUT2D eigenvalue weighted by molar-refractivity contribution is 6.82. The van der Waals surface area contributed by atoms with Crippen molar-refractivity contribution in [1.82, 2.24) is 0 Å². The number of allylic oxidation sites excluding steroid dienone is 16. The van der Waals surface area contributed by atoms with Gasteiger partial charge in [-0.25, -0.2) is 0 Å². The zero-order valence-electron chi connectivity index (χ0n) is 22.5. The van der Waals surface area contributed by atoms with Crippen LogP contribution < -0.4 is 0 Å². The first kappa shape index (κ1) is 24.5. The lowest BCUT2D eigenvalue weighted by Gasteiger charge is -2.48. The molecule has 0 bridgehead atoms. The van der Waals surface area contributed by atoms with E-state index < -0.39 is 8.07 Å². The Bertz CT molecular complexity index is 891. The zero-order valence-corrected chi connectivity index (χ0v) is 23.5. The molecular weight excluding hydrogens is 448 g/mol. The first-order valence-electron chi connectivity index (χ1n) is 15.1. The summed E-state index contributed by atoms with van der Waals surface area (Å²) in [6.45, 7) is 5.23. The van der Waals surface area contributed by atoms with E-state index in [9.17, 15) is 0 Å². The molecular formula is C35H46Si. The second kappa shape index (κ2) is 10.5. The smallest absolute Gasteiger partial charge is 0.0591 e. The van der Waals surface area contributed by atoms with Gasteiger partial charge in [0.05, 0.1) is 8.07 Å². The molecule has 0 saturated heterocycles. The summed E-state index contributed by atoms with van der Waals surface area (Å²) < 4.78 is 0. The van der Waals surface area contributed by atoms with Gasteiger partial charge in [-0.05, 0) is 58.4 Å². The van der Waals surface area contributed by atoms with Crippen molar-refractivity contribution < 1.29 is 0 Å². The van der Waals surface area contributed by atoms with Crippen LogP contribution in [-0.4, -0.2) is 8.07 Å². The lowest BCUT2D eigenvalue weighted by molar-refractivity contribution is 0.461. The van der Waals surface area contributed by atoms with Crippen LogP contribution in [0.15, 0.2) is 97.2 Å². The summed E-state index contributed by atoms with van der Waals surface area (Å²) in [7, 11) is -1.73. The molecule has 8 unspecified atom stereocenters. The van der Waals surface area contributed by atoms with E-state index in [1.165, 1.54) is 44.6 Å². The van der Waals surface area contributed by atoms with E-state index >= 15 is 0 Å². The van der Waals surface area contributed by atoms with E-state index in [1.54, 1.807) is 0 Å². The Kier molecular flexibility index (Phi) is 7.13. The molecule has 6 aliphatic carbocycles. The lowest BCUT2D eigenvalue weighted by atomic mass is 9.83. The molecule has 0 nitrogen and oxygen atoms in total. The van der Waals surface area contributed by atoms with Crippen molar-refractivity contribution >= 4 is 8.07 Å². The topological polar surface area (TPSA) is 0 Å². The van der Waals surface area contributed by atoms with Crippen LogP contribution in [0.5, 0.6) is 0 Å². The fourth-order valence-corrected chi connectivity index (χ4v) is 16.6. The van der Waals surface area contributed by atoms with E-state index in [-0.39, 0.29) is 0 Å². The molecule has 0 amide bonds. The van der Waals surface area contributed by atoms with Gasteiger partial charge in [-0.2, -0.15) is 0 Å². The standard InChI is InChI=1S/C35H46Si/c1-3-4-5-6-7-16-25-36(2,34-30-21-12-8-17-26(30)27-18-9-13-22-31(27)34)35-32-23-14-10-19-28(32)29-20-11-15-24-33(29)35/h8-15,17-24,26-35H,3-7,16,25H2,1-2H3. The summed E-state index contributed by atoms with van der Waals surface area (Å²) >= 11 is 0. The second-order valence-corrected chi connectivity index (χ2v) is 17.6. The Morgan fingerprint density at radius 2 is 0.722 bits per heavy atom. The van der Waals surface area contributed by atoms with E-state index in [2.05, 4.69) is 111 Å². The van der Waals surface area contributed by atoms with Gasteiger partial charge < -0.3 is 0 Å². The van der Waals surface area contributed by atoms with E-state index in [0.717, 1.165) is 34.8 Å². The summed E-state index contributed by atoms with van der Waals surface area (Å²) in [5.41, 5.74) is 1.68. The molecule has 0 aromatic rings. The van der Waals surface area contributed by atoms with Crippen LogP contribution in [0.25, 0.3) is 0 Å². The molecule has 36 heavy (non-hydrogen) atoms. The third kappa shape index (κ3) is 4.10. The summed E-state index contributed by atoms with van der Waals surface area (Å²) in [6.07, 6.45) is 48.2. The molecule has 0 radical (unpaired) electrons. The minimum atomic E-state index is -1.73. The first-order valence-corrected chi connectivity index (χ1v) is 18.0. The van der Waals surface area contributed by atoms with E-state index in [4.69, 9.17) is 0 Å². The van der Waals surface area contributed by atoms with Crippen LogP contribution in [-0.2, 0) is 0 Å². The first-order chi connectivity index (χ1) is 17.7. The highest BCUT2D eigenvalue weighted by atomic mass is 28.3. The van der Waals surface area contributed by atoms with Crippen LogP contribution >= 0.6 is 0 Å². The second-order valence-electron chi connectivity index (χ2n) is 12.8. The van der Waals surface area contributed by atoms with E-state index in [1.807, 2.05) is 0 Å². The Labute approximate surface area is 221 Å². The number of hydrogen-bond acceptors (Lipinski definition) is 0. The van der Waals surface area contributed by atoms with E-state index in [0.29, 0.717) is 23.7 Å². The van der Waals surface area contributed by atoms with Gasteiger partial charge in [0, 0.05) is 0 Å². The SMILES string of the molecule is CCCCCCCC[Si](C)(C1C2C=CC=CC2C2C=CC=CC21)C1C2C=CC=CC2C2C=CC=CC21. The predicted molar refractivity (Wildman–Crippen MR) is 158 cm³/mol. The van der Waals surface area contributed by atoms with Crippen LogP contribution in [0.4, 0.5) is 0 Å². The number of fused-ring (bicyclic) bond motifs is 6. The van der Waals surface area contributed by atoms with Crippen molar-refractivity contribution in [3.8, 4) is 0 Å². The van der Waals surface area contributed by atoms with Crippen molar-refractivity contribution in [1.29, 1.82) is 0 Å². The minimum Gasteiger partial charge on any atom is -0.0808 e. The van der Waals surface area contributed by atoms with Crippen molar-refractivity contribution in [2.45, 2.75) is 69.1 Å². The van der Waals surface area contributed by atoms with Crippen LogP contribution in [0, 0.1) is 47.3 Å². The van der Waals surface area contributed by atoms with Crippen LogP contribution in [0.2, 0.25) is 23.7 Å². The minimum absolute atomic E-state index is 0.694. The highest BCUT2D eigenvalue weighted by Gasteiger charge is 2.62. The van der Waals surface area contributed by atoms with Gasteiger partial charge in [0.25, 0.3) is 0 Å². The van der Waals surface area contributed by atoms with Gasteiger partial charge in [0.1, 0.15) is 0 Å². The van der Waals surface area contributed by atoms with Crippen molar-refractivity contribution in [2.75, 3.05) is 0 Å². The Balaban J connectivity index is 1.38. The van der Waals surface area contributed by atoms with Crippen molar-refractivity contribution in [3.05, 3.63) is 97.2 Å². The molecule has 0 spiro atoms. The highest BCUT2D eigenvalue weighted by Crippen LogP contribution is 2.67. The average Bonchev–Trinajstić information content (AvgIpc) is 3.45. The van der Waals surface area contributed by atoms with Gasteiger partial charge in [0.2, 0.25) is 0 Å².